The molecule has 11 heavy (non-hydrogen) atoms. The summed E-state index contributed by atoms with van der Waals surface area (Å²) in [6, 6.07) is 9.80. The van der Waals surface area contributed by atoms with E-state index in [1.165, 1.54) is 0 Å². The van der Waals surface area contributed by atoms with E-state index in [-0.39, 0.29) is 42.0 Å². The van der Waals surface area contributed by atoms with E-state index in [2.05, 4.69) is 0 Å². The van der Waals surface area contributed by atoms with Crippen molar-refractivity contribution >= 4 is 47.7 Å². The first-order valence-corrected chi connectivity index (χ1v) is 2.84. The summed E-state index contributed by atoms with van der Waals surface area (Å²) in [4.78, 5) is 0. The van der Waals surface area contributed by atoms with Gasteiger partial charge in [-0.15, -0.1) is 12.4 Å². The molecule has 0 aliphatic rings. The minimum absolute atomic E-state index is 0. The Labute approximate surface area is 95.4 Å². The zero-order valence-corrected chi connectivity index (χ0v) is 6.64. The van der Waals surface area contributed by atoms with Crippen LogP contribution in [0.5, 0.6) is 0 Å². The van der Waals surface area contributed by atoms with E-state index in [4.69, 9.17) is 5.84 Å². The van der Waals surface area contributed by atoms with Gasteiger partial charge in [0.2, 0.25) is 0 Å². The Kier molecular flexibility index (Phi) is 8.74. The summed E-state index contributed by atoms with van der Waals surface area (Å²) in [7, 11) is 1.81. The maximum absolute atomic E-state index is 5.45. The minimum atomic E-state index is 0. The fourth-order valence-electron chi connectivity index (χ4n) is 0.663. The number of halogens is 1. The van der Waals surface area contributed by atoms with Crippen molar-refractivity contribution in [1.82, 2.24) is 0 Å². The van der Waals surface area contributed by atoms with E-state index in [1.54, 1.807) is 5.01 Å². The topological polar surface area (TPSA) is 29.3 Å². The fraction of sp³-hybridized carbons (Fsp3) is 0.143. The molecule has 0 aliphatic carbocycles. The number of nitrogens with two attached hydrogens (primary N) is 1. The molecular formula is C7H12ClN2Na. The molecule has 2 N–H and O–H groups in total. The van der Waals surface area contributed by atoms with Crippen LogP contribution in [0.15, 0.2) is 30.3 Å². The van der Waals surface area contributed by atoms with E-state index < -0.39 is 0 Å². The van der Waals surface area contributed by atoms with Crippen LogP contribution in [-0.4, -0.2) is 36.6 Å². The van der Waals surface area contributed by atoms with Gasteiger partial charge in [0.05, 0.1) is 5.69 Å². The van der Waals surface area contributed by atoms with Crippen LogP contribution in [0.25, 0.3) is 0 Å². The molecule has 0 fully saturated rings. The number of hydrogen-bond acceptors (Lipinski definition) is 2. The van der Waals surface area contributed by atoms with Crippen molar-refractivity contribution in [2.24, 2.45) is 5.84 Å². The van der Waals surface area contributed by atoms with Crippen LogP contribution in [0, 0.1) is 0 Å². The van der Waals surface area contributed by atoms with Gasteiger partial charge in [0.1, 0.15) is 0 Å². The summed E-state index contributed by atoms with van der Waals surface area (Å²) >= 11 is 0. The quantitative estimate of drug-likeness (QED) is 0.395. The van der Waals surface area contributed by atoms with Crippen LogP contribution in [0.4, 0.5) is 5.69 Å². The number of benzene rings is 1. The number of para-hydroxylation sites is 1. The maximum atomic E-state index is 5.45. The molecule has 0 atom stereocenters. The Morgan fingerprint density at radius 3 is 1.91 bits per heavy atom. The van der Waals surface area contributed by atoms with E-state index in [0.29, 0.717) is 0 Å². The third-order valence-corrected chi connectivity index (χ3v) is 1.16. The number of nitrogens with zero attached hydrogens (tertiary/aromatic N) is 1. The van der Waals surface area contributed by atoms with Gasteiger partial charge in [0.25, 0.3) is 0 Å². The molecule has 58 valence electrons. The van der Waals surface area contributed by atoms with Crippen molar-refractivity contribution in [3.05, 3.63) is 30.3 Å². The predicted octanol–water partition coefficient (Wildman–Crippen LogP) is 0.770. The van der Waals surface area contributed by atoms with Gasteiger partial charge in [-0.1, -0.05) is 18.2 Å². The first-order valence-electron chi connectivity index (χ1n) is 2.84. The molecule has 0 aliphatic heterocycles. The molecule has 1 rings (SSSR count). The third-order valence-electron chi connectivity index (χ3n) is 1.16. The summed E-state index contributed by atoms with van der Waals surface area (Å²) < 4.78 is 0. The summed E-state index contributed by atoms with van der Waals surface area (Å²) in [6.07, 6.45) is 0. The zero-order valence-electron chi connectivity index (χ0n) is 5.82. The average molecular weight is 183 g/mol. The van der Waals surface area contributed by atoms with Crippen LogP contribution >= 0.6 is 12.4 Å². The second-order valence-corrected chi connectivity index (χ2v) is 1.95. The number of rotatable bonds is 1. The summed E-state index contributed by atoms with van der Waals surface area (Å²) in [6.45, 7) is 0. The molecular weight excluding hydrogens is 171 g/mol. The van der Waals surface area contributed by atoms with E-state index >= 15 is 0 Å². The van der Waals surface area contributed by atoms with Gasteiger partial charge < -0.3 is 5.01 Å². The first kappa shape index (κ1) is 13.8. The molecule has 0 radical (unpaired) electrons. The van der Waals surface area contributed by atoms with Gasteiger partial charge in [0, 0.05) is 7.05 Å². The Bertz CT molecular complexity index is 179. The Hall–Kier alpha value is 0.270. The standard InChI is InChI=1S/C7H10N2.ClH.Na.H/c1-9(8)7-5-3-2-4-6-7;;;/h2-6H,8H2,1H3;1H;;. The molecule has 0 unspecified atom stereocenters. The normalized spacial score (nSPS) is 7.45. The molecule has 1 aromatic rings. The Balaban J connectivity index is 0. The van der Waals surface area contributed by atoms with E-state index in [1.807, 2.05) is 37.4 Å². The number of hydrogen-bond donors (Lipinski definition) is 1. The summed E-state index contributed by atoms with van der Waals surface area (Å²) in [5.41, 5.74) is 1.03. The number of hydrazine groups is 1. The second-order valence-electron chi connectivity index (χ2n) is 1.95. The molecule has 0 aromatic heterocycles. The monoisotopic (exact) mass is 182 g/mol. The van der Waals surface area contributed by atoms with Crippen molar-refractivity contribution in [2.75, 3.05) is 12.1 Å². The molecule has 0 bridgehead atoms. The van der Waals surface area contributed by atoms with Crippen LogP contribution in [-0.2, 0) is 0 Å². The van der Waals surface area contributed by atoms with Crippen molar-refractivity contribution in [3.63, 3.8) is 0 Å². The summed E-state index contributed by atoms with van der Waals surface area (Å²) in [5.74, 6) is 5.45. The molecule has 0 saturated heterocycles. The Morgan fingerprint density at radius 2 is 1.64 bits per heavy atom. The molecule has 4 heteroatoms. The van der Waals surface area contributed by atoms with Gasteiger partial charge in [-0.3, -0.25) is 0 Å². The van der Waals surface area contributed by atoms with Crippen LogP contribution in [0.3, 0.4) is 0 Å². The van der Waals surface area contributed by atoms with Crippen molar-refractivity contribution in [1.29, 1.82) is 0 Å². The van der Waals surface area contributed by atoms with Gasteiger partial charge >= 0.3 is 29.6 Å². The second kappa shape index (κ2) is 6.95. The average Bonchev–Trinajstić information content (AvgIpc) is 1.90. The fourth-order valence-corrected chi connectivity index (χ4v) is 0.663. The van der Waals surface area contributed by atoms with Gasteiger partial charge in [0.15, 0.2) is 0 Å². The van der Waals surface area contributed by atoms with Crippen LogP contribution in [0.2, 0.25) is 0 Å². The first-order chi connectivity index (χ1) is 4.30. The number of anilines is 1. The molecule has 0 spiro atoms. The van der Waals surface area contributed by atoms with Crippen molar-refractivity contribution < 1.29 is 0 Å². The Morgan fingerprint density at radius 1 is 1.18 bits per heavy atom. The molecule has 0 heterocycles. The SMILES string of the molecule is CN(N)c1ccccc1.Cl.[NaH]. The molecule has 1 aromatic carbocycles. The third kappa shape index (κ3) is 4.67. The predicted molar refractivity (Wildman–Crippen MR) is 53.4 cm³/mol. The van der Waals surface area contributed by atoms with E-state index in [0.717, 1.165) is 5.69 Å². The van der Waals surface area contributed by atoms with E-state index in [9.17, 15) is 0 Å². The van der Waals surface area contributed by atoms with Gasteiger partial charge in [-0.25, -0.2) is 5.84 Å². The van der Waals surface area contributed by atoms with Crippen LogP contribution in [0.1, 0.15) is 0 Å². The molecule has 0 amide bonds. The van der Waals surface area contributed by atoms with Crippen molar-refractivity contribution in [2.45, 2.75) is 0 Å². The molecule has 2 nitrogen and oxygen atoms in total. The summed E-state index contributed by atoms with van der Waals surface area (Å²) in [5, 5.41) is 1.58. The zero-order chi connectivity index (χ0) is 6.69. The van der Waals surface area contributed by atoms with Crippen LogP contribution < -0.4 is 10.9 Å². The van der Waals surface area contributed by atoms with Crippen molar-refractivity contribution in [3.8, 4) is 0 Å². The van der Waals surface area contributed by atoms with Gasteiger partial charge in [-0.05, 0) is 12.1 Å². The molecule has 0 saturated carbocycles. The van der Waals surface area contributed by atoms with Gasteiger partial charge in [-0.2, -0.15) is 0 Å².